The van der Waals surface area contributed by atoms with E-state index in [-0.39, 0.29) is 42.4 Å². The highest BCUT2D eigenvalue weighted by atomic mass is 16.6. The first kappa shape index (κ1) is 26.3. The molecular weight excluding hydrogens is 478 g/mol. The maximum absolute atomic E-state index is 12.7. The molecule has 0 spiro atoms. The lowest BCUT2D eigenvalue weighted by Crippen LogP contribution is -2.46. The van der Waals surface area contributed by atoms with E-state index in [4.69, 9.17) is 23.7 Å². The number of fused-ring (bicyclic) bond motifs is 2. The van der Waals surface area contributed by atoms with Crippen molar-refractivity contribution < 1.29 is 38.4 Å². The Balaban J connectivity index is 1.35. The standard InChI is InChI=1S/C28H33NO8/c1-29-19-14-21(36-27(32)13-17-6-5-7-20(30)10-17)16-22(29)23(15-19)37-26(31)9-8-18-11-24(33-2)28(35-4)25(12-18)34-3/h5-12,19,21-23,30H,13-16H2,1-4H3/b9-8+. The number of carbonyl (C=O) groups excluding carboxylic acids is 2. The molecule has 0 aliphatic carbocycles. The summed E-state index contributed by atoms with van der Waals surface area (Å²) < 4.78 is 27.6. The molecule has 2 aromatic rings. The second-order valence-electron chi connectivity index (χ2n) is 9.32. The summed E-state index contributed by atoms with van der Waals surface area (Å²) in [5.41, 5.74) is 1.40. The molecule has 1 N–H and O–H groups in total. The number of phenolic OH excluding ortho intramolecular Hbond substituents is 1. The van der Waals surface area contributed by atoms with Crippen LogP contribution in [0, 0.1) is 0 Å². The van der Waals surface area contributed by atoms with E-state index in [0.29, 0.717) is 47.6 Å². The number of methoxy groups -OCH3 is 3. The fourth-order valence-corrected chi connectivity index (χ4v) is 5.21. The maximum atomic E-state index is 12.7. The molecule has 4 rings (SSSR count). The molecule has 0 radical (unpaired) electrons. The van der Waals surface area contributed by atoms with Crippen molar-refractivity contribution in [1.29, 1.82) is 0 Å². The molecule has 0 saturated carbocycles. The Morgan fingerprint density at radius 2 is 1.73 bits per heavy atom. The van der Waals surface area contributed by atoms with E-state index < -0.39 is 5.97 Å². The third kappa shape index (κ3) is 6.17. The van der Waals surface area contributed by atoms with Crippen LogP contribution in [0.4, 0.5) is 0 Å². The smallest absolute Gasteiger partial charge is 0.331 e. The van der Waals surface area contributed by atoms with Crippen LogP contribution in [0.5, 0.6) is 23.0 Å². The zero-order valence-corrected chi connectivity index (χ0v) is 21.5. The van der Waals surface area contributed by atoms with Crippen LogP contribution in [0.25, 0.3) is 6.08 Å². The van der Waals surface area contributed by atoms with Crippen molar-refractivity contribution >= 4 is 18.0 Å². The summed E-state index contributed by atoms with van der Waals surface area (Å²) in [5, 5.41) is 9.61. The van der Waals surface area contributed by atoms with Crippen molar-refractivity contribution in [3.8, 4) is 23.0 Å². The minimum atomic E-state index is -0.447. The number of hydrogen-bond donors (Lipinski definition) is 1. The molecule has 9 nitrogen and oxygen atoms in total. The third-order valence-electron chi connectivity index (χ3n) is 7.00. The zero-order valence-electron chi connectivity index (χ0n) is 21.5. The molecule has 198 valence electrons. The molecule has 0 amide bonds. The van der Waals surface area contributed by atoms with E-state index in [1.165, 1.54) is 27.4 Å². The summed E-state index contributed by atoms with van der Waals surface area (Å²) in [5.74, 6) is 0.796. The predicted octanol–water partition coefficient (Wildman–Crippen LogP) is 3.36. The second kappa shape index (κ2) is 11.6. The van der Waals surface area contributed by atoms with Crippen LogP contribution in [0.2, 0.25) is 0 Å². The quantitative estimate of drug-likeness (QED) is 0.401. The molecular formula is C28H33NO8. The van der Waals surface area contributed by atoms with Crippen LogP contribution >= 0.6 is 0 Å². The number of piperidine rings is 1. The largest absolute Gasteiger partial charge is 0.508 e. The molecule has 4 unspecified atom stereocenters. The van der Waals surface area contributed by atoms with Gasteiger partial charge in [-0.15, -0.1) is 0 Å². The number of hydrogen-bond acceptors (Lipinski definition) is 9. The molecule has 9 heteroatoms. The number of likely N-dealkylation sites (N-methyl/N-ethyl adjacent to an activating group) is 1. The van der Waals surface area contributed by atoms with Gasteiger partial charge in [0.1, 0.15) is 18.0 Å². The van der Waals surface area contributed by atoms with E-state index >= 15 is 0 Å². The molecule has 4 atom stereocenters. The number of benzene rings is 2. The molecule has 2 bridgehead atoms. The van der Waals surface area contributed by atoms with Crippen LogP contribution in [0.15, 0.2) is 42.5 Å². The Bertz CT molecular complexity index is 1140. The highest BCUT2D eigenvalue weighted by molar-refractivity contribution is 5.87. The van der Waals surface area contributed by atoms with Crippen LogP contribution in [0.3, 0.4) is 0 Å². The normalized spacial score (nSPS) is 23.0. The molecule has 2 aliphatic heterocycles. The van der Waals surface area contributed by atoms with Gasteiger partial charge in [0.25, 0.3) is 0 Å². The Kier molecular flexibility index (Phi) is 8.23. The van der Waals surface area contributed by atoms with E-state index in [2.05, 4.69) is 4.90 Å². The van der Waals surface area contributed by atoms with Gasteiger partial charge < -0.3 is 28.8 Å². The first-order valence-electron chi connectivity index (χ1n) is 12.2. The molecule has 2 aliphatic rings. The Hall–Kier alpha value is -3.72. The van der Waals surface area contributed by atoms with Gasteiger partial charge in [0.15, 0.2) is 11.5 Å². The van der Waals surface area contributed by atoms with Crippen molar-refractivity contribution in [2.75, 3.05) is 28.4 Å². The van der Waals surface area contributed by atoms with Crippen LogP contribution < -0.4 is 14.2 Å². The summed E-state index contributed by atoms with van der Waals surface area (Å²) in [6, 6.07) is 10.2. The van der Waals surface area contributed by atoms with Gasteiger partial charge in [0.05, 0.1) is 33.8 Å². The molecule has 2 aromatic carbocycles. The van der Waals surface area contributed by atoms with Crippen molar-refractivity contribution in [3.05, 3.63) is 53.6 Å². The van der Waals surface area contributed by atoms with Gasteiger partial charge in [-0.05, 0) is 48.5 Å². The highest BCUT2D eigenvalue weighted by Gasteiger charge is 2.47. The number of carbonyl (C=O) groups is 2. The summed E-state index contributed by atoms with van der Waals surface area (Å²) >= 11 is 0. The van der Waals surface area contributed by atoms with E-state index in [1.54, 1.807) is 42.5 Å². The second-order valence-corrected chi connectivity index (χ2v) is 9.32. The molecule has 2 fully saturated rings. The van der Waals surface area contributed by atoms with E-state index in [1.807, 2.05) is 7.05 Å². The number of phenols is 1. The van der Waals surface area contributed by atoms with Gasteiger partial charge in [0, 0.05) is 31.4 Å². The first-order valence-corrected chi connectivity index (χ1v) is 12.2. The van der Waals surface area contributed by atoms with Crippen molar-refractivity contribution in [2.24, 2.45) is 0 Å². The zero-order chi connectivity index (χ0) is 26.5. The summed E-state index contributed by atoms with van der Waals surface area (Å²) in [6.45, 7) is 0. The maximum Gasteiger partial charge on any atom is 0.331 e. The lowest BCUT2D eigenvalue weighted by molar-refractivity contribution is -0.153. The molecule has 2 heterocycles. The average Bonchev–Trinajstić information content (AvgIpc) is 3.03. The monoisotopic (exact) mass is 511 g/mol. The van der Waals surface area contributed by atoms with Gasteiger partial charge in [-0.2, -0.15) is 0 Å². The third-order valence-corrected chi connectivity index (χ3v) is 7.00. The van der Waals surface area contributed by atoms with Gasteiger partial charge >= 0.3 is 11.9 Å². The van der Waals surface area contributed by atoms with Gasteiger partial charge in [-0.3, -0.25) is 9.69 Å². The first-order chi connectivity index (χ1) is 17.8. The summed E-state index contributed by atoms with van der Waals surface area (Å²) in [7, 11) is 6.61. The van der Waals surface area contributed by atoms with Gasteiger partial charge in [0.2, 0.25) is 5.75 Å². The van der Waals surface area contributed by atoms with Crippen molar-refractivity contribution in [3.63, 3.8) is 0 Å². The fourth-order valence-electron chi connectivity index (χ4n) is 5.21. The number of aromatic hydroxyl groups is 1. The van der Waals surface area contributed by atoms with Crippen LogP contribution in [-0.4, -0.2) is 74.6 Å². The minimum absolute atomic E-state index is 0.0316. The van der Waals surface area contributed by atoms with Gasteiger partial charge in [-0.25, -0.2) is 4.79 Å². The van der Waals surface area contributed by atoms with E-state index in [9.17, 15) is 14.7 Å². The number of ether oxygens (including phenoxy) is 5. The van der Waals surface area contributed by atoms with Crippen LogP contribution in [-0.2, 0) is 25.5 Å². The van der Waals surface area contributed by atoms with Crippen LogP contribution in [0.1, 0.15) is 30.4 Å². The number of nitrogens with zero attached hydrogens (tertiary/aromatic N) is 1. The molecule has 2 saturated heterocycles. The lowest BCUT2D eigenvalue weighted by Gasteiger charge is -2.36. The Morgan fingerprint density at radius 3 is 2.38 bits per heavy atom. The molecule has 37 heavy (non-hydrogen) atoms. The fraction of sp³-hybridized carbons (Fsp3) is 0.429. The Labute approximate surface area is 216 Å². The SMILES string of the molecule is COc1cc(/C=C/C(=O)OC2CC3CC(OC(=O)Cc4cccc(O)c4)CC2N3C)cc(OC)c1OC. The minimum Gasteiger partial charge on any atom is -0.508 e. The predicted molar refractivity (Wildman–Crippen MR) is 136 cm³/mol. The topological polar surface area (TPSA) is 104 Å². The number of rotatable bonds is 9. The van der Waals surface area contributed by atoms with Crippen molar-refractivity contribution in [2.45, 2.75) is 50.0 Å². The number of esters is 2. The van der Waals surface area contributed by atoms with E-state index in [0.717, 1.165) is 0 Å². The van der Waals surface area contributed by atoms with Gasteiger partial charge in [-0.1, -0.05) is 12.1 Å². The van der Waals surface area contributed by atoms with Crippen molar-refractivity contribution in [1.82, 2.24) is 4.90 Å². The molecule has 0 aromatic heterocycles. The highest BCUT2D eigenvalue weighted by Crippen LogP contribution is 2.39. The summed E-state index contributed by atoms with van der Waals surface area (Å²) in [6.07, 6.45) is 4.56. The lowest BCUT2D eigenvalue weighted by atomic mass is 10.00. The Morgan fingerprint density at radius 1 is 1.00 bits per heavy atom. The summed E-state index contributed by atoms with van der Waals surface area (Å²) in [4.78, 5) is 27.4. The average molecular weight is 512 g/mol.